The van der Waals surface area contributed by atoms with Crippen LogP contribution in [0.2, 0.25) is 0 Å². The molecule has 3 rings (SSSR count). The number of methoxy groups -OCH3 is 1. The summed E-state index contributed by atoms with van der Waals surface area (Å²) < 4.78 is 9.03. The maximum absolute atomic E-state index is 5.79. The van der Waals surface area contributed by atoms with Crippen molar-refractivity contribution in [3.8, 4) is 5.88 Å². The summed E-state index contributed by atoms with van der Waals surface area (Å²) in [7, 11) is 1.56. The monoisotopic (exact) mass is 298 g/mol. The number of nitrogens with two attached hydrogens (primary N) is 1. The molecule has 0 fully saturated rings. The normalized spacial score (nSPS) is 14.2. The Hall–Kier alpha value is -1.76. The number of hydrogen-bond acceptors (Lipinski definition) is 5. The first-order chi connectivity index (χ1) is 9.28. The number of nitrogens with zero attached hydrogens (tertiary/aromatic N) is 5. The molecule has 0 atom stereocenters. The number of nitrogen functional groups attached to an aromatic ring is 1. The third-order valence-corrected chi connectivity index (χ3v) is 3.44. The highest BCUT2D eigenvalue weighted by Gasteiger charge is 2.16. The molecule has 110 valence electrons. The molecule has 8 heteroatoms. The van der Waals surface area contributed by atoms with E-state index in [1.54, 1.807) is 18.0 Å². The van der Waals surface area contributed by atoms with Gasteiger partial charge in [-0.25, -0.2) is 0 Å². The minimum atomic E-state index is 0. The van der Waals surface area contributed by atoms with E-state index in [1.165, 1.54) is 19.3 Å². The van der Waals surface area contributed by atoms with Gasteiger partial charge in [0.15, 0.2) is 5.82 Å². The highest BCUT2D eigenvalue weighted by Crippen LogP contribution is 2.19. The number of ether oxygens (including phenoxy) is 1. The van der Waals surface area contributed by atoms with Gasteiger partial charge >= 0.3 is 0 Å². The Bertz CT molecular complexity index is 579. The number of anilines is 1. The van der Waals surface area contributed by atoms with Gasteiger partial charge < -0.3 is 15.0 Å². The summed E-state index contributed by atoms with van der Waals surface area (Å²) in [5, 5.41) is 12.8. The summed E-state index contributed by atoms with van der Waals surface area (Å²) in [4.78, 5) is 0. The van der Waals surface area contributed by atoms with Crippen molar-refractivity contribution in [3.63, 3.8) is 0 Å². The lowest BCUT2D eigenvalue weighted by Crippen LogP contribution is -2.10. The highest BCUT2D eigenvalue weighted by atomic mass is 35.5. The molecule has 0 saturated heterocycles. The molecule has 0 saturated carbocycles. The Morgan fingerprint density at radius 2 is 2.15 bits per heavy atom. The van der Waals surface area contributed by atoms with Crippen molar-refractivity contribution in [1.29, 1.82) is 0 Å². The molecule has 2 aromatic heterocycles. The van der Waals surface area contributed by atoms with E-state index < -0.39 is 0 Å². The zero-order valence-electron chi connectivity index (χ0n) is 11.4. The number of halogens is 1. The molecule has 0 radical (unpaired) electrons. The predicted octanol–water partition coefficient (Wildman–Crippen LogP) is 1.26. The van der Waals surface area contributed by atoms with Crippen LogP contribution in [0.4, 0.5) is 5.69 Å². The second kappa shape index (κ2) is 6.13. The summed E-state index contributed by atoms with van der Waals surface area (Å²) in [5.41, 5.74) is 6.33. The zero-order chi connectivity index (χ0) is 13.2. The molecule has 0 unspecified atom stereocenters. The van der Waals surface area contributed by atoms with Crippen molar-refractivity contribution in [3.05, 3.63) is 17.8 Å². The Kier molecular flexibility index (Phi) is 4.49. The SMILES string of the molecule is COc1nn(Cc2nnc3n2CCCCC3)cc1N.Cl. The molecular weight excluding hydrogens is 280 g/mol. The zero-order valence-corrected chi connectivity index (χ0v) is 12.3. The molecule has 0 bridgehead atoms. The lowest BCUT2D eigenvalue weighted by Gasteiger charge is -2.06. The van der Waals surface area contributed by atoms with Gasteiger partial charge in [0, 0.05) is 13.0 Å². The molecule has 20 heavy (non-hydrogen) atoms. The van der Waals surface area contributed by atoms with Gasteiger partial charge in [-0.15, -0.1) is 27.7 Å². The second-order valence-corrected chi connectivity index (χ2v) is 4.79. The van der Waals surface area contributed by atoms with Crippen molar-refractivity contribution < 1.29 is 4.74 Å². The lowest BCUT2D eigenvalue weighted by atomic mass is 10.2. The quantitative estimate of drug-likeness (QED) is 0.922. The van der Waals surface area contributed by atoms with E-state index in [9.17, 15) is 0 Å². The van der Waals surface area contributed by atoms with Crippen LogP contribution in [0.1, 0.15) is 30.9 Å². The van der Waals surface area contributed by atoms with E-state index in [1.807, 2.05) is 0 Å². The fourth-order valence-corrected chi connectivity index (χ4v) is 2.47. The van der Waals surface area contributed by atoms with E-state index in [4.69, 9.17) is 10.5 Å². The van der Waals surface area contributed by atoms with Crippen molar-refractivity contribution in [2.24, 2.45) is 0 Å². The molecular formula is C12H19ClN6O. The predicted molar refractivity (Wildman–Crippen MR) is 77.1 cm³/mol. The largest absolute Gasteiger partial charge is 0.478 e. The summed E-state index contributed by atoms with van der Waals surface area (Å²) in [6, 6.07) is 0. The fraction of sp³-hybridized carbons (Fsp3) is 0.583. The third kappa shape index (κ3) is 2.72. The van der Waals surface area contributed by atoms with Gasteiger partial charge in [-0.05, 0) is 12.8 Å². The Balaban J connectivity index is 0.00000147. The molecule has 7 nitrogen and oxygen atoms in total. The van der Waals surface area contributed by atoms with Crippen LogP contribution in [0.15, 0.2) is 6.20 Å². The average molecular weight is 299 g/mol. The number of hydrogen-bond donors (Lipinski definition) is 1. The highest BCUT2D eigenvalue weighted by molar-refractivity contribution is 5.85. The molecule has 0 amide bonds. The van der Waals surface area contributed by atoms with Crippen LogP contribution < -0.4 is 10.5 Å². The summed E-state index contributed by atoms with van der Waals surface area (Å²) in [6.45, 7) is 1.56. The van der Waals surface area contributed by atoms with Crippen molar-refractivity contribution in [2.45, 2.75) is 38.8 Å². The third-order valence-electron chi connectivity index (χ3n) is 3.44. The Morgan fingerprint density at radius 3 is 2.90 bits per heavy atom. The van der Waals surface area contributed by atoms with Gasteiger partial charge in [0.2, 0.25) is 0 Å². The standard InChI is InChI=1S/C12H18N6O.ClH/c1-19-12-9(13)7-17(16-12)8-11-15-14-10-5-3-2-4-6-18(10)11;/h7H,2-6,8,13H2,1H3;1H. The van der Waals surface area contributed by atoms with Gasteiger partial charge in [0.05, 0.1) is 13.3 Å². The van der Waals surface area contributed by atoms with Crippen LogP contribution in [0.25, 0.3) is 0 Å². The maximum atomic E-state index is 5.79. The first-order valence-electron chi connectivity index (χ1n) is 6.56. The molecule has 0 aromatic carbocycles. The molecule has 2 N–H and O–H groups in total. The summed E-state index contributed by atoms with van der Waals surface area (Å²) in [5.74, 6) is 2.47. The van der Waals surface area contributed by atoms with E-state index in [0.717, 1.165) is 24.6 Å². The Labute approximate surface area is 123 Å². The summed E-state index contributed by atoms with van der Waals surface area (Å²) >= 11 is 0. The van der Waals surface area contributed by atoms with Gasteiger partial charge in [0.25, 0.3) is 5.88 Å². The smallest absolute Gasteiger partial charge is 0.256 e. The van der Waals surface area contributed by atoms with E-state index in [0.29, 0.717) is 18.1 Å². The van der Waals surface area contributed by atoms with Crippen molar-refractivity contribution >= 4 is 18.1 Å². The minimum Gasteiger partial charge on any atom is -0.478 e. The van der Waals surface area contributed by atoms with Gasteiger partial charge in [0.1, 0.15) is 18.1 Å². The maximum Gasteiger partial charge on any atom is 0.256 e. The van der Waals surface area contributed by atoms with Crippen molar-refractivity contribution in [1.82, 2.24) is 24.5 Å². The van der Waals surface area contributed by atoms with Crippen LogP contribution in [0.5, 0.6) is 5.88 Å². The number of aromatic nitrogens is 5. The minimum absolute atomic E-state index is 0. The molecule has 1 aliphatic heterocycles. The van der Waals surface area contributed by atoms with Crippen LogP contribution in [-0.4, -0.2) is 31.7 Å². The van der Waals surface area contributed by atoms with Crippen LogP contribution in [0.3, 0.4) is 0 Å². The fourth-order valence-electron chi connectivity index (χ4n) is 2.47. The van der Waals surface area contributed by atoms with Gasteiger partial charge in [-0.2, -0.15) is 0 Å². The van der Waals surface area contributed by atoms with E-state index in [-0.39, 0.29) is 12.4 Å². The second-order valence-electron chi connectivity index (χ2n) is 4.79. The van der Waals surface area contributed by atoms with Gasteiger partial charge in [-0.3, -0.25) is 4.68 Å². The number of fused-ring (bicyclic) bond motifs is 1. The summed E-state index contributed by atoms with van der Waals surface area (Å²) in [6.07, 6.45) is 6.41. The van der Waals surface area contributed by atoms with Crippen LogP contribution >= 0.6 is 12.4 Å². The molecule has 0 spiro atoms. The molecule has 2 aromatic rings. The van der Waals surface area contributed by atoms with Crippen molar-refractivity contribution in [2.75, 3.05) is 12.8 Å². The number of rotatable bonds is 3. The van der Waals surface area contributed by atoms with Crippen LogP contribution in [-0.2, 0) is 19.5 Å². The molecule has 0 aliphatic carbocycles. The lowest BCUT2D eigenvalue weighted by molar-refractivity contribution is 0.391. The van der Waals surface area contributed by atoms with E-state index >= 15 is 0 Å². The Morgan fingerprint density at radius 1 is 1.30 bits per heavy atom. The van der Waals surface area contributed by atoms with Crippen LogP contribution in [0, 0.1) is 0 Å². The molecule has 1 aliphatic rings. The average Bonchev–Trinajstić information content (AvgIpc) is 2.85. The first-order valence-corrected chi connectivity index (χ1v) is 6.56. The topological polar surface area (TPSA) is 83.8 Å². The van der Waals surface area contributed by atoms with E-state index in [2.05, 4.69) is 19.9 Å². The number of aryl methyl sites for hydroxylation is 1. The molecule has 3 heterocycles. The van der Waals surface area contributed by atoms with Gasteiger partial charge in [-0.1, -0.05) is 6.42 Å². The first kappa shape index (κ1) is 14.6.